The third kappa shape index (κ3) is 1.62. The molecular weight excluding hydrogens is 352 g/mol. The van der Waals surface area contributed by atoms with Gasteiger partial charge in [-0.2, -0.15) is 0 Å². The van der Waals surface area contributed by atoms with Crippen molar-refractivity contribution in [1.82, 2.24) is 0 Å². The van der Waals surface area contributed by atoms with Crippen molar-refractivity contribution in [2.45, 2.75) is 51.4 Å². The van der Waals surface area contributed by atoms with Gasteiger partial charge in [-0.25, -0.2) is 4.79 Å². The number of carbonyl (C=O) groups excluding carboxylic acids is 3. The second-order valence-electron chi connectivity index (χ2n) is 9.37. The van der Waals surface area contributed by atoms with E-state index in [9.17, 15) is 24.6 Å². The number of esters is 2. The molecule has 5 rings (SSSR count). The number of ether oxygens (including phenoxy) is 2. The van der Waals surface area contributed by atoms with Gasteiger partial charge in [-0.15, -0.1) is 0 Å². The van der Waals surface area contributed by atoms with Crippen LogP contribution in [0.1, 0.15) is 33.6 Å². The van der Waals surface area contributed by atoms with Crippen LogP contribution in [0.15, 0.2) is 11.6 Å². The van der Waals surface area contributed by atoms with Crippen molar-refractivity contribution < 1.29 is 34.1 Å². The molecule has 7 nitrogen and oxygen atoms in total. The van der Waals surface area contributed by atoms with Crippen LogP contribution in [0, 0.1) is 34.5 Å². The zero-order valence-electron chi connectivity index (χ0n) is 15.6. The van der Waals surface area contributed by atoms with Gasteiger partial charge in [0.2, 0.25) is 0 Å². The fourth-order valence-electron chi connectivity index (χ4n) is 7.56. The summed E-state index contributed by atoms with van der Waals surface area (Å²) in [5.74, 6) is -3.28. The second-order valence-corrected chi connectivity index (χ2v) is 9.37. The molecule has 0 unspecified atom stereocenters. The van der Waals surface area contributed by atoms with Crippen LogP contribution in [-0.2, 0) is 23.9 Å². The van der Waals surface area contributed by atoms with Crippen molar-refractivity contribution in [3.05, 3.63) is 11.6 Å². The highest BCUT2D eigenvalue weighted by molar-refractivity contribution is 5.96. The standard InChI is InChI=1S/C20H24O7/c1-8-4-12(21)15(23)18(3)10(8)5-13-19-7-26-17(24)20(25,16(18)19)9(2)11(19)6-14(22)27-13/h4,9-11,13,15-16,23,25H,5-7H2,1-3H3/t9-,10-,11-,13+,15+,16+,18+,19+,20+/m0/s1. The number of aliphatic hydroxyl groups excluding tert-OH is 1. The van der Waals surface area contributed by atoms with Crippen molar-refractivity contribution in [1.29, 1.82) is 0 Å². The van der Waals surface area contributed by atoms with Crippen molar-refractivity contribution in [2.75, 3.05) is 6.61 Å². The molecule has 2 aliphatic heterocycles. The van der Waals surface area contributed by atoms with Crippen LogP contribution in [0.3, 0.4) is 0 Å². The van der Waals surface area contributed by atoms with Crippen LogP contribution >= 0.6 is 0 Å². The largest absolute Gasteiger partial charge is 0.463 e. The van der Waals surface area contributed by atoms with E-state index in [4.69, 9.17) is 9.47 Å². The minimum absolute atomic E-state index is 0.0394. The van der Waals surface area contributed by atoms with Crippen molar-refractivity contribution in [3.8, 4) is 0 Å². The molecule has 146 valence electrons. The Morgan fingerprint density at radius 3 is 2.67 bits per heavy atom. The summed E-state index contributed by atoms with van der Waals surface area (Å²) in [5, 5.41) is 22.7. The normalized spacial score (nSPS) is 55.9. The number of ketones is 1. The molecule has 0 amide bonds. The van der Waals surface area contributed by atoms with Crippen LogP contribution < -0.4 is 0 Å². The van der Waals surface area contributed by atoms with Crippen molar-refractivity contribution in [2.24, 2.45) is 34.5 Å². The van der Waals surface area contributed by atoms with Crippen molar-refractivity contribution >= 4 is 17.7 Å². The van der Waals surface area contributed by atoms with Crippen LogP contribution in [0.5, 0.6) is 0 Å². The van der Waals surface area contributed by atoms with Gasteiger partial charge in [0.05, 0.1) is 5.41 Å². The summed E-state index contributed by atoms with van der Waals surface area (Å²) >= 11 is 0. The third-order valence-corrected chi connectivity index (χ3v) is 8.61. The van der Waals surface area contributed by atoms with Crippen LogP contribution in [-0.4, -0.2) is 52.4 Å². The van der Waals surface area contributed by atoms with Gasteiger partial charge in [-0.1, -0.05) is 19.4 Å². The van der Waals surface area contributed by atoms with Crippen LogP contribution in [0.25, 0.3) is 0 Å². The van der Waals surface area contributed by atoms with Gasteiger partial charge in [-0.05, 0) is 31.3 Å². The van der Waals surface area contributed by atoms with Crippen molar-refractivity contribution in [3.63, 3.8) is 0 Å². The van der Waals surface area contributed by atoms with E-state index >= 15 is 0 Å². The minimum Gasteiger partial charge on any atom is -0.463 e. The topological polar surface area (TPSA) is 110 Å². The summed E-state index contributed by atoms with van der Waals surface area (Å²) in [7, 11) is 0. The van der Waals surface area contributed by atoms with E-state index in [-0.39, 0.29) is 30.8 Å². The first-order valence-corrected chi connectivity index (χ1v) is 9.58. The van der Waals surface area contributed by atoms with Gasteiger partial charge in [0, 0.05) is 23.7 Å². The maximum atomic E-state index is 12.8. The Kier molecular flexibility index (Phi) is 3.10. The summed E-state index contributed by atoms with van der Waals surface area (Å²) < 4.78 is 11.2. The number of carbonyl (C=O) groups is 3. The summed E-state index contributed by atoms with van der Waals surface area (Å²) in [4.78, 5) is 37.7. The molecule has 1 spiro atoms. The highest BCUT2D eigenvalue weighted by Crippen LogP contribution is 2.74. The Bertz CT molecular complexity index is 817. The molecule has 0 radical (unpaired) electrons. The van der Waals surface area contributed by atoms with Gasteiger partial charge in [0.1, 0.15) is 18.8 Å². The molecule has 2 bridgehead atoms. The lowest BCUT2D eigenvalue weighted by atomic mass is 9.43. The Balaban J connectivity index is 1.81. The van der Waals surface area contributed by atoms with Gasteiger partial charge >= 0.3 is 11.9 Å². The van der Waals surface area contributed by atoms with Gasteiger partial charge in [0.15, 0.2) is 11.4 Å². The highest BCUT2D eigenvalue weighted by atomic mass is 16.6. The number of aliphatic hydroxyl groups is 2. The smallest absolute Gasteiger partial charge is 0.338 e. The van der Waals surface area contributed by atoms with Gasteiger partial charge in [0.25, 0.3) is 0 Å². The van der Waals surface area contributed by atoms with E-state index in [1.807, 2.05) is 6.92 Å². The van der Waals surface area contributed by atoms with E-state index in [0.717, 1.165) is 5.57 Å². The van der Waals surface area contributed by atoms with E-state index in [0.29, 0.717) is 6.42 Å². The predicted octanol–water partition coefficient (Wildman–Crippen LogP) is 0.374. The minimum atomic E-state index is -1.86. The quantitative estimate of drug-likeness (QED) is 0.588. The first-order chi connectivity index (χ1) is 12.6. The van der Waals surface area contributed by atoms with E-state index in [1.165, 1.54) is 6.08 Å². The lowest BCUT2D eigenvalue weighted by Crippen LogP contribution is -2.73. The van der Waals surface area contributed by atoms with Gasteiger partial charge in [-0.3, -0.25) is 9.59 Å². The molecule has 0 aromatic heterocycles. The molecule has 9 atom stereocenters. The fourth-order valence-corrected chi connectivity index (χ4v) is 7.56. The zero-order chi connectivity index (χ0) is 19.5. The average molecular weight is 376 g/mol. The number of hydrogen-bond donors (Lipinski definition) is 2. The molecule has 7 heteroatoms. The zero-order valence-corrected chi connectivity index (χ0v) is 15.6. The molecule has 5 aliphatic rings. The SMILES string of the molecule is CC1=CC(=O)[C@@H](O)[C@]2(C)[C@H]3[C@@]4(O)C(=O)OC[C@@]35[C@@H](C[C@@H]12)OC(=O)C[C@H]5[C@@H]4C. The number of cyclic esters (lactones) is 1. The Morgan fingerprint density at radius 2 is 1.96 bits per heavy atom. The summed E-state index contributed by atoms with van der Waals surface area (Å²) in [6.45, 7) is 5.43. The summed E-state index contributed by atoms with van der Waals surface area (Å²) in [6, 6.07) is 0. The number of hydrogen-bond acceptors (Lipinski definition) is 7. The van der Waals surface area contributed by atoms with E-state index in [2.05, 4.69) is 0 Å². The lowest BCUT2D eigenvalue weighted by Gasteiger charge is -2.64. The van der Waals surface area contributed by atoms with Crippen LogP contribution in [0.2, 0.25) is 0 Å². The lowest BCUT2D eigenvalue weighted by molar-refractivity contribution is -0.268. The molecular formula is C20H24O7. The molecule has 0 aromatic carbocycles. The molecule has 2 heterocycles. The fraction of sp³-hybridized carbons (Fsp3) is 0.750. The first kappa shape index (κ1) is 17.4. The number of rotatable bonds is 0. The number of fused-ring (bicyclic) bond motifs is 1. The monoisotopic (exact) mass is 376 g/mol. The molecule has 27 heavy (non-hydrogen) atoms. The summed E-state index contributed by atoms with van der Waals surface area (Å²) in [6.07, 6.45) is 0.151. The first-order valence-electron chi connectivity index (χ1n) is 9.58. The molecule has 2 saturated carbocycles. The average Bonchev–Trinajstić information content (AvgIpc) is 2.76. The predicted molar refractivity (Wildman–Crippen MR) is 90.0 cm³/mol. The van der Waals surface area contributed by atoms with E-state index in [1.54, 1.807) is 13.8 Å². The molecule has 0 aromatic rings. The van der Waals surface area contributed by atoms with Gasteiger partial charge < -0.3 is 19.7 Å². The molecule has 2 saturated heterocycles. The third-order valence-electron chi connectivity index (χ3n) is 8.61. The maximum Gasteiger partial charge on any atom is 0.338 e. The van der Waals surface area contributed by atoms with E-state index < -0.39 is 52.2 Å². The maximum absolute atomic E-state index is 12.8. The molecule has 4 fully saturated rings. The second kappa shape index (κ2) is 4.81. The molecule has 2 N–H and O–H groups in total. The Labute approximate surface area is 156 Å². The highest BCUT2D eigenvalue weighted by Gasteiger charge is 2.83. The number of allylic oxidation sites excluding steroid dienone is 1. The van der Waals surface area contributed by atoms with Crippen LogP contribution in [0.4, 0.5) is 0 Å². The summed E-state index contributed by atoms with van der Waals surface area (Å²) in [5.41, 5.74) is -2.88. The molecule has 3 aliphatic carbocycles. The Hall–Kier alpha value is -1.73. The Morgan fingerprint density at radius 1 is 1.26 bits per heavy atom.